The van der Waals surface area contributed by atoms with Gasteiger partial charge in [-0.15, -0.1) is 0 Å². The highest BCUT2D eigenvalue weighted by molar-refractivity contribution is 6.30. The van der Waals surface area contributed by atoms with Crippen LogP contribution in [0.1, 0.15) is 37.7 Å². The van der Waals surface area contributed by atoms with Gasteiger partial charge in [-0.1, -0.05) is 32.4 Å². The maximum absolute atomic E-state index is 6.31. The molecule has 0 unspecified atom stereocenters. The van der Waals surface area contributed by atoms with E-state index in [2.05, 4.69) is 25.8 Å². The molecule has 0 fully saturated rings. The summed E-state index contributed by atoms with van der Waals surface area (Å²) in [5, 5.41) is 0.514. The zero-order valence-corrected chi connectivity index (χ0v) is 14.2. The molecule has 0 N–H and O–H groups in total. The Hall–Kier alpha value is -1.61. The van der Waals surface area contributed by atoms with Gasteiger partial charge >= 0.3 is 0 Å². The zero-order chi connectivity index (χ0) is 15.8. The molecular formula is C17H21ClN2O. The smallest absolute Gasteiger partial charge is 0.136 e. The van der Waals surface area contributed by atoms with E-state index in [0.29, 0.717) is 5.15 Å². The number of benzene rings is 1. The molecule has 0 amide bonds. The summed E-state index contributed by atoms with van der Waals surface area (Å²) in [6.07, 6.45) is 0. The maximum atomic E-state index is 6.31. The Morgan fingerprint density at radius 2 is 1.76 bits per heavy atom. The maximum Gasteiger partial charge on any atom is 0.136 e. The van der Waals surface area contributed by atoms with E-state index in [4.69, 9.17) is 21.3 Å². The van der Waals surface area contributed by atoms with Crippen molar-refractivity contribution in [2.24, 2.45) is 0 Å². The van der Waals surface area contributed by atoms with Gasteiger partial charge in [-0.25, -0.2) is 9.97 Å². The molecular weight excluding hydrogens is 284 g/mol. The first-order chi connectivity index (χ1) is 9.74. The number of nitrogens with zero attached hydrogens (tertiary/aromatic N) is 2. The van der Waals surface area contributed by atoms with Crippen molar-refractivity contribution < 1.29 is 4.74 Å². The largest absolute Gasteiger partial charge is 0.497 e. The summed E-state index contributed by atoms with van der Waals surface area (Å²) >= 11 is 6.31. The number of aryl methyl sites for hydroxylation is 1. The molecule has 0 bridgehead atoms. The highest BCUT2D eigenvalue weighted by Crippen LogP contribution is 2.32. The van der Waals surface area contributed by atoms with Gasteiger partial charge in [-0.2, -0.15) is 0 Å². The zero-order valence-electron chi connectivity index (χ0n) is 13.4. The lowest BCUT2D eigenvalue weighted by molar-refractivity contribution is 0.414. The molecule has 1 aromatic heterocycles. The average Bonchev–Trinajstić information content (AvgIpc) is 2.40. The van der Waals surface area contributed by atoms with Crippen LogP contribution in [0, 0.1) is 13.8 Å². The van der Waals surface area contributed by atoms with Gasteiger partial charge in [0.1, 0.15) is 16.7 Å². The van der Waals surface area contributed by atoms with Gasteiger partial charge in [0.05, 0.1) is 12.8 Å². The van der Waals surface area contributed by atoms with Crippen molar-refractivity contribution in [1.29, 1.82) is 0 Å². The van der Waals surface area contributed by atoms with Crippen LogP contribution >= 0.6 is 11.6 Å². The molecule has 0 radical (unpaired) electrons. The van der Waals surface area contributed by atoms with Crippen molar-refractivity contribution in [2.45, 2.75) is 40.0 Å². The Bertz CT molecular complexity index is 675. The summed E-state index contributed by atoms with van der Waals surface area (Å²) < 4.78 is 5.26. The van der Waals surface area contributed by atoms with Crippen LogP contribution in [0.25, 0.3) is 11.3 Å². The van der Waals surface area contributed by atoms with Gasteiger partial charge in [0.2, 0.25) is 0 Å². The summed E-state index contributed by atoms with van der Waals surface area (Å²) in [6.45, 7) is 10.2. The lowest BCUT2D eigenvalue weighted by Crippen LogP contribution is -2.17. The van der Waals surface area contributed by atoms with Crippen LogP contribution < -0.4 is 4.74 Å². The van der Waals surface area contributed by atoms with Crippen LogP contribution in [0.4, 0.5) is 0 Å². The van der Waals surface area contributed by atoms with Crippen molar-refractivity contribution >= 4 is 11.6 Å². The third kappa shape index (κ3) is 3.18. The van der Waals surface area contributed by atoms with E-state index in [1.807, 2.05) is 32.0 Å². The summed E-state index contributed by atoms with van der Waals surface area (Å²) in [7, 11) is 1.67. The van der Waals surface area contributed by atoms with Crippen LogP contribution in [-0.2, 0) is 5.41 Å². The molecule has 0 aliphatic rings. The quantitative estimate of drug-likeness (QED) is 0.753. The Morgan fingerprint density at radius 1 is 1.10 bits per heavy atom. The fourth-order valence-corrected chi connectivity index (χ4v) is 2.29. The van der Waals surface area contributed by atoms with E-state index in [-0.39, 0.29) is 5.41 Å². The number of hydrogen-bond donors (Lipinski definition) is 0. The molecule has 0 aliphatic carbocycles. The van der Waals surface area contributed by atoms with Crippen LogP contribution in [-0.4, -0.2) is 17.1 Å². The van der Waals surface area contributed by atoms with Crippen molar-refractivity contribution in [2.75, 3.05) is 7.11 Å². The minimum atomic E-state index is -0.146. The van der Waals surface area contributed by atoms with Crippen LogP contribution in [0.2, 0.25) is 5.15 Å². The van der Waals surface area contributed by atoms with Crippen LogP contribution in [0.15, 0.2) is 18.2 Å². The number of ether oxygens (including phenoxy) is 1. The van der Waals surface area contributed by atoms with Gasteiger partial charge in [-0.3, -0.25) is 0 Å². The molecule has 112 valence electrons. The summed E-state index contributed by atoms with van der Waals surface area (Å²) in [6, 6.07) is 5.96. The molecule has 0 spiro atoms. The minimum absolute atomic E-state index is 0.146. The van der Waals surface area contributed by atoms with Gasteiger partial charge in [0, 0.05) is 16.5 Å². The molecule has 3 nitrogen and oxygen atoms in total. The van der Waals surface area contributed by atoms with Crippen LogP contribution in [0.3, 0.4) is 0 Å². The molecule has 21 heavy (non-hydrogen) atoms. The van der Waals surface area contributed by atoms with E-state index in [9.17, 15) is 0 Å². The summed E-state index contributed by atoms with van der Waals surface area (Å²) in [5.74, 6) is 1.59. The number of aromatic nitrogens is 2. The van der Waals surface area contributed by atoms with Crippen molar-refractivity contribution in [1.82, 2.24) is 9.97 Å². The highest BCUT2D eigenvalue weighted by Gasteiger charge is 2.21. The van der Waals surface area contributed by atoms with E-state index < -0.39 is 0 Å². The first-order valence-corrected chi connectivity index (χ1v) is 7.31. The second-order valence-electron chi connectivity index (χ2n) is 6.24. The minimum Gasteiger partial charge on any atom is -0.497 e. The number of rotatable bonds is 2. The molecule has 2 aromatic rings. The van der Waals surface area contributed by atoms with Gasteiger partial charge < -0.3 is 4.74 Å². The van der Waals surface area contributed by atoms with E-state index in [0.717, 1.165) is 34.0 Å². The monoisotopic (exact) mass is 304 g/mol. The third-order valence-electron chi connectivity index (χ3n) is 3.45. The molecule has 0 saturated heterocycles. The summed E-state index contributed by atoms with van der Waals surface area (Å²) in [5.41, 5.74) is 3.81. The van der Waals surface area contributed by atoms with E-state index in [1.54, 1.807) is 7.11 Å². The molecule has 4 heteroatoms. The Balaban J connectivity index is 2.66. The molecule has 0 aliphatic heterocycles. The lowest BCUT2D eigenvalue weighted by atomic mass is 9.94. The number of halogens is 1. The van der Waals surface area contributed by atoms with Crippen molar-refractivity contribution in [3.8, 4) is 17.0 Å². The Kier molecular flexibility index (Phi) is 4.24. The lowest BCUT2D eigenvalue weighted by Gasteiger charge is -2.19. The van der Waals surface area contributed by atoms with Gasteiger partial charge in [0.25, 0.3) is 0 Å². The van der Waals surface area contributed by atoms with E-state index in [1.165, 1.54) is 0 Å². The average molecular weight is 305 g/mol. The fraction of sp³-hybridized carbons (Fsp3) is 0.412. The Labute approximate surface area is 131 Å². The molecule has 1 aromatic carbocycles. The second kappa shape index (κ2) is 5.64. The van der Waals surface area contributed by atoms with Gasteiger partial charge in [-0.05, 0) is 37.6 Å². The van der Waals surface area contributed by atoms with E-state index >= 15 is 0 Å². The normalized spacial score (nSPS) is 11.6. The van der Waals surface area contributed by atoms with Gasteiger partial charge in [0.15, 0.2) is 0 Å². The second-order valence-corrected chi connectivity index (χ2v) is 6.60. The predicted molar refractivity (Wildman–Crippen MR) is 87.2 cm³/mol. The standard InChI is InChI=1S/C17H21ClN2O/c1-10-9-12(21-6)7-8-13(10)14-11(2)15(18)20-16(19-14)17(3,4)5/h7-9H,1-6H3. The number of methoxy groups -OCH3 is 1. The Morgan fingerprint density at radius 3 is 2.29 bits per heavy atom. The third-order valence-corrected chi connectivity index (χ3v) is 3.81. The first kappa shape index (κ1) is 15.8. The SMILES string of the molecule is COc1ccc(-c2nc(C(C)(C)C)nc(Cl)c2C)c(C)c1. The molecule has 1 heterocycles. The van der Waals surface area contributed by atoms with Crippen molar-refractivity contribution in [3.63, 3.8) is 0 Å². The predicted octanol–water partition coefficient (Wildman–Crippen LogP) is 4.72. The highest BCUT2D eigenvalue weighted by atomic mass is 35.5. The number of hydrogen-bond acceptors (Lipinski definition) is 3. The molecule has 0 atom stereocenters. The first-order valence-electron chi connectivity index (χ1n) is 6.93. The topological polar surface area (TPSA) is 35.0 Å². The van der Waals surface area contributed by atoms with Crippen LogP contribution in [0.5, 0.6) is 5.75 Å². The van der Waals surface area contributed by atoms with Crippen molar-refractivity contribution in [3.05, 3.63) is 40.3 Å². The molecule has 2 rings (SSSR count). The molecule has 0 saturated carbocycles. The summed E-state index contributed by atoms with van der Waals surface area (Å²) in [4.78, 5) is 9.18. The fourth-order valence-electron chi connectivity index (χ4n) is 2.12.